The van der Waals surface area contributed by atoms with Crippen LogP contribution in [0.4, 0.5) is 0 Å². The number of benzene rings is 2. The molecule has 0 aliphatic rings. The van der Waals surface area contributed by atoms with Gasteiger partial charge in [0.05, 0.1) is 7.11 Å². The lowest BCUT2D eigenvalue weighted by atomic mass is 10.2. The van der Waals surface area contributed by atoms with E-state index in [1.54, 1.807) is 7.11 Å². The molecule has 2 aromatic rings. The first-order valence-corrected chi connectivity index (χ1v) is 8.63. The van der Waals surface area contributed by atoms with Crippen molar-refractivity contribution in [3.63, 3.8) is 0 Å². The monoisotopic (exact) mass is 397 g/mol. The summed E-state index contributed by atoms with van der Waals surface area (Å²) in [5.74, 6) is 1.42. The van der Waals surface area contributed by atoms with Gasteiger partial charge in [-0.1, -0.05) is 53.5 Å². The molecule has 0 unspecified atom stereocenters. The number of rotatable bonds is 7. The molecule has 5 heteroatoms. The molecule has 2 aromatic carbocycles. The van der Waals surface area contributed by atoms with Gasteiger partial charge in [-0.25, -0.2) is 0 Å². The summed E-state index contributed by atoms with van der Waals surface area (Å²) in [4.78, 5) is 0. The smallest absolute Gasteiger partial charge is 0.162 e. The number of hydrogen-bond donors (Lipinski definition) is 1. The minimum atomic E-state index is 0.423. The molecular weight excluding hydrogens is 378 g/mol. The van der Waals surface area contributed by atoms with Crippen molar-refractivity contribution in [3.05, 3.63) is 57.0 Å². The molecule has 0 amide bonds. The zero-order valence-corrected chi connectivity index (χ0v) is 15.9. The fourth-order valence-electron chi connectivity index (χ4n) is 2.09. The van der Waals surface area contributed by atoms with E-state index >= 15 is 0 Å². The standard InChI is InChI=1S/C18H21BrClNO2/c1-12(2)21-10-14-8-17(22-3)18(9-16(14)19)23-11-13-5-4-6-15(20)7-13/h4-9,12,21H,10-11H2,1-3H3. The molecule has 23 heavy (non-hydrogen) atoms. The molecule has 0 aliphatic carbocycles. The maximum atomic E-state index is 6.00. The third kappa shape index (κ3) is 5.41. The highest BCUT2D eigenvalue weighted by molar-refractivity contribution is 9.10. The average Bonchev–Trinajstić information content (AvgIpc) is 2.51. The Bertz CT molecular complexity index is 661. The van der Waals surface area contributed by atoms with E-state index in [2.05, 4.69) is 35.1 Å². The largest absolute Gasteiger partial charge is 0.493 e. The van der Waals surface area contributed by atoms with Crippen LogP contribution < -0.4 is 14.8 Å². The lowest BCUT2D eigenvalue weighted by molar-refractivity contribution is 0.284. The third-order valence-electron chi connectivity index (χ3n) is 3.32. The van der Waals surface area contributed by atoms with Crippen LogP contribution in [0.2, 0.25) is 5.02 Å². The number of nitrogens with one attached hydrogen (secondary N) is 1. The second-order valence-corrected chi connectivity index (χ2v) is 6.84. The van der Waals surface area contributed by atoms with E-state index in [4.69, 9.17) is 21.1 Å². The van der Waals surface area contributed by atoms with Gasteiger partial charge in [0.15, 0.2) is 11.5 Å². The molecule has 0 bridgehead atoms. The van der Waals surface area contributed by atoms with Gasteiger partial charge in [0.2, 0.25) is 0 Å². The number of methoxy groups -OCH3 is 1. The van der Waals surface area contributed by atoms with Crippen LogP contribution >= 0.6 is 27.5 Å². The third-order valence-corrected chi connectivity index (χ3v) is 4.29. The van der Waals surface area contributed by atoms with Crippen LogP contribution in [-0.2, 0) is 13.2 Å². The van der Waals surface area contributed by atoms with Gasteiger partial charge in [-0.15, -0.1) is 0 Å². The van der Waals surface area contributed by atoms with Crippen molar-refractivity contribution in [2.24, 2.45) is 0 Å². The summed E-state index contributed by atoms with van der Waals surface area (Å²) in [6.07, 6.45) is 0. The average molecular weight is 399 g/mol. The van der Waals surface area contributed by atoms with Crippen molar-refractivity contribution in [2.45, 2.75) is 33.0 Å². The number of hydrogen-bond acceptors (Lipinski definition) is 3. The first-order valence-electron chi connectivity index (χ1n) is 7.46. The Hall–Kier alpha value is -1.23. The lowest BCUT2D eigenvalue weighted by Crippen LogP contribution is -2.22. The SMILES string of the molecule is COc1cc(CNC(C)C)c(Br)cc1OCc1cccc(Cl)c1. The van der Waals surface area contributed by atoms with Crippen LogP contribution in [-0.4, -0.2) is 13.2 Å². The Balaban J connectivity index is 2.13. The van der Waals surface area contributed by atoms with E-state index in [0.29, 0.717) is 23.4 Å². The quantitative estimate of drug-likeness (QED) is 0.696. The zero-order chi connectivity index (χ0) is 16.8. The fraction of sp³-hybridized carbons (Fsp3) is 0.333. The second-order valence-electron chi connectivity index (χ2n) is 5.55. The molecule has 1 N–H and O–H groups in total. The summed E-state index contributed by atoms with van der Waals surface area (Å²) in [7, 11) is 1.65. The summed E-state index contributed by atoms with van der Waals surface area (Å²) >= 11 is 9.60. The molecule has 0 spiro atoms. The van der Waals surface area contributed by atoms with E-state index in [0.717, 1.165) is 27.9 Å². The van der Waals surface area contributed by atoms with Gasteiger partial charge in [0, 0.05) is 22.1 Å². The van der Waals surface area contributed by atoms with Crippen molar-refractivity contribution in [1.29, 1.82) is 0 Å². The molecule has 0 saturated carbocycles. The summed E-state index contributed by atoms with van der Waals surface area (Å²) in [5.41, 5.74) is 2.15. The summed E-state index contributed by atoms with van der Waals surface area (Å²) < 4.78 is 12.3. The van der Waals surface area contributed by atoms with Crippen LogP contribution in [0.25, 0.3) is 0 Å². The van der Waals surface area contributed by atoms with Crippen molar-refractivity contribution >= 4 is 27.5 Å². The first-order chi connectivity index (χ1) is 11.0. The van der Waals surface area contributed by atoms with Crippen molar-refractivity contribution in [2.75, 3.05) is 7.11 Å². The van der Waals surface area contributed by atoms with Gasteiger partial charge >= 0.3 is 0 Å². The Morgan fingerprint density at radius 1 is 1.17 bits per heavy atom. The van der Waals surface area contributed by atoms with Crippen LogP contribution in [0.1, 0.15) is 25.0 Å². The summed E-state index contributed by atoms with van der Waals surface area (Å²) in [5, 5.41) is 4.10. The molecule has 0 atom stereocenters. The summed E-state index contributed by atoms with van der Waals surface area (Å²) in [6, 6.07) is 12.0. The normalized spacial score (nSPS) is 10.9. The molecular formula is C18H21BrClNO2. The van der Waals surface area contributed by atoms with E-state index in [1.807, 2.05) is 36.4 Å². The highest BCUT2D eigenvalue weighted by Crippen LogP contribution is 2.34. The molecule has 0 fully saturated rings. The first kappa shape index (κ1) is 18.1. The molecule has 0 aliphatic heterocycles. The van der Waals surface area contributed by atoms with Gasteiger partial charge < -0.3 is 14.8 Å². The highest BCUT2D eigenvalue weighted by atomic mass is 79.9. The zero-order valence-electron chi connectivity index (χ0n) is 13.5. The van der Waals surface area contributed by atoms with E-state index in [1.165, 1.54) is 0 Å². The molecule has 0 radical (unpaired) electrons. The maximum absolute atomic E-state index is 6.00. The second kappa shape index (κ2) is 8.57. The molecule has 3 nitrogen and oxygen atoms in total. The van der Waals surface area contributed by atoms with Crippen LogP contribution in [0.3, 0.4) is 0 Å². The highest BCUT2D eigenvalue weighted by Gasteiger charge is 2.11. The van der Waals surface area contributed by atoms with Gasteiger partial charge in [0.1, 0.15) is 6.61 Å². The summed E-state index contributed by atoms with van der Waals surface area (Å²) in [6.45, 7) is 5.44. The minimum absolute atomic E-state index is 0.423. The fourth-order valence-corrected chi connectivity index (χ4v) is 2.76. The number of ether oxygens (including phenoxy) is 2. The van der Waals surface area contributed by atoms with Crippen LogP contribution in [0.15, 0.2) is 40.9 Å². The van der Waals surface area contributed by atoms with Gasteiger partial charge in [-0.2, -0.15) is 0 Å². The Kier molecular flexibility index (Phi) is 6.75. The Morgan fingerprint density at radius 3 is 2.61 bits per heavy atom. The molecule has 124 valence electrons. The van der Waals surface area contributed by atoms with Crippen molar-refractivity contribution in [1.82, 2.24) is 5.32 Å². The van der Waals surface area contributed by atoms with Gasteiger partial charge in [-0.05, 0) is 35.4 Å². The van der Waals surface area contributed by atoms with E-state index in [9.17, 15) is 0 Å². The topological polar surface area (TPSA) is 30.5 Å². The van der Waals surface area contributed by atoms with Crippen molar-refractivity contribution in [3.8, 4) is 11.5 Å². The molecule has 2 rings (SSSR count). The van der Waals surface area contributed by atoms with Crippen molar-refractivity contribution < 1.29 is 9.47 Å². The van der Waals surface area contributed by atoms with Crippen LogP contribution in [0, 0.1) is 0 Å². The molecule has 0 saturated heterocycles. The van der Waals surface area contributed by atoms with Crippen LogP contribution in [0.5, 0.6) is 11.5 Å². The van der Waals surface area contributed by atoms with Gasteiger partial charge in [-0.3, -0.25) is 0 Å². The molecule has 0 heterocycles. The lowest BCUT2D eigenvalue weighted by Gasteiger charge is -2.15. The van der Waals surface area contributed by atoms with E-state index < -0.39 is 0 Å². The molecule has 0 aromatic heterocycles. The van der Waals surface area contributed by atoms with Gasteiger partial charge in [0.25, 0.3) is 0 Å². The predicted octanol–water partition coefficient (Wildman–Crippen LogP) is 5.19. The predicted molar refractivity (Wildman–Crippen MR) is 98.5 cm³/mol. The minimum Gasteiger partial charge on any atom is -0.493 e. The maximum Gasteiger partial charge on any atom is 0.162 e. The number of halogens is 2. The Morgan fingerprint density at radius 2 is 1.96 bits per heavy atom. The van der Waals surface area contributed by atoms with E-state index in [-0.39, 0.29) is 0 Å². The Labute approximate surface area is 151 Å².